The zero-order valence-electron chi connectivity index (χ0n) is 14.1. The number of nitrogens with zero attached hydrogens (tertiary/aromatic N) is 4. The lowest BCUT2D eigenvalue weighted by molar-refractivity contribution is 0.387. The lowest BCUT2D eigenvalue weighted by atomic mass is 10.2. The molecule has 0 N–H and O–H groups in total. The summed E-state index contributed by atoms with van der Waals surface area (Å²) >= 11 is 0. The average Bonchev–Trinajstić information content (AvgIpc) is 2.27. The summed E-state index contributed by atoms with van der Waals surface area (Å²) in [7, 11) is 8.41. The molecule has 120 valence electrons. The molecule has 0 saturated carbocycles. The second-order valence-electron chi connectivity index (χ2n) is 5.95. The Labute approximate surface area is 131 Å². The van der Waals surface area contributed by atoms with Crippen LogP contribution in [0.1, 0.15) is 39.5 Å². The normalized spacial score (nSPS) is 13.6. The number of rotatable bonds is 10. The molecule has 0 aliphatic carbocycles. The molecule has 0 aliphatic heterocycles. The van der Waals surface area contributed by atoms with Gasteiger partial charge in [-0.05, 0) is 80.8 Å². The summed E-state index contributed by atoms with van der Waals surface area (Å²) in [5, 5.41) is 0. The summed E-state index contributed by atoms with van der Waals surface area (Å²) in [4.78, 5) is 13.1. The van der Waals surface area contributed by atoms with Gasteiger partial charge in [0.2, 0.25) is 0 Å². The van der Waals surface area contributed by atoms with Crippen LogP contribution in [0.4, 0.5) is 0 Å². The van der Waals surface area contributed by atoms with Crippen LogP contribution in [0.3, 0.4) is 0 Å². The van der Waals surface area contributed by atoms with Crippen molar-refractivity contribution in [3.63, 3.8) is 0 Å². The standard InChI is InChI=1S/C15H32N4.ClH/c1-14(9-7-11-18(3)4)16-13-17-15(2)10-8-12-19(5)6;/h14-15H,7-12H2,1-6H3;1H. The molecule has 5 heteroatoms. The van der Waals surface area contributed by atoms with E-state index in [1.54, 1.807) is 0 Å². The first-order chi connectivity index (χ1) is 8.91. The van der Waals surface area contributed by atoms with Gasteiger partial charge in [-0.3, -0.25) is 0 Å². The van der Waals surface area contributed by atoms with Crippen LogP contribution in [-0.2, 0) is 0 Å². The van der Waals surface area contributed by atoms with Crippen molar-refractivity contribution in [2.75, 3.05) is 41.3 Å². The molecule has 0 aliphatic rings. The minimum atomic E-state index is 0. The van der Waals surface area contributed by atoms with E-state index in [0.717, 1.165) is 25.9 Å². The minimum absolute atomic E-state index is 0. The average molecular weight is 305 g/mol. The molecule has 2 unspecified atom stereocenters. The van der Waals surface area contributed by atoms with Gasteiger partial charge in [0.1, 0.15) is 0 Å². The van der Waals surface area contributed by atoms with Crippen LogP contribution in [0.5, 0.6) is 0 Å². The van der Waals surface area contributed by atoms with Crippen LogP contribution in [0, 0.1) is 0 Å². The molecule has 4 nitrogen and oxygen atoms in total. The maximum Gasteiger partial charge on any atom is 0.0898 e. The number of halogens is 1. The van der Waals surface area contributed by atoms with E-state index < -0.39 is 0 Å². The summed E-state index contributed by atoms with van der Waals surface area (Å²) in [6.07, 6.45) is 4.57. The van der Waals surface area contributed by atoms with Gasteiger partial charge in [-0.2, -0.15) is 0 Å². The lowest BCUT2D eigenvalue weighted by Crippen LogP contribution is -2.14. The third-order valence-corrected chi connectivity index (χ3v) is 3.01. The molecule has 0 aromatic heterocycles. The SMILES string of the molecule is CC(CCCN(C)C)N=C=NC(C)CCCN(C)C.Cl. The van der Waals surface area contributed by atoms with Crippen LogP contribution in [-0.4, -0.2) is 69.2 Å². The van der Waals surface area contributed by atoms with Crippen molar-refractivity contribution in [1.82, 2.24) is 9.80 Å². The summed E-state index contributed by atoms with van der Waals surface area (Å²) < 4.78 is 0. The van der Waals surface area contributed by atoms with E-state index in [9.17, 15) is 0 Å². The Kier molecular flexibility index (Phi) is 14.8. The van der Waals surface area contributed by atoms with Gasteiger partial charge in [-0.1, -0.05) is 0 Å². The number of aliphatic imine (C=N–C) groups is 2. The number of hydrogen-bond acceptors (Lipinski definition) is 4. The monoisotopic (exact) mass is 304 g/mol. The van der Waals surface area contributed by atoms with Crippen molar-refractivity contribution in [2.24, 2.45) is 9.98 Å². The Morgan fingerprint density at radius 3 is 1.45 bits per heavy atom. The van der Waals surface area contributed by atoms with E-state index in [2.05, 4.69) is 67.8 Å². The van der Waals surface area contributed by atoms with Crippen LogP contribution in [0.2, 0.25) is 0 Å². The first-order valence-corrected chi connectivity index (χ1v) is 7.36. The smallest absolute Gasteiger partial charge is 0.0898 e. The highest BCUT2D eigenvalue weighted by Gasteiger charge is 2.00. The van der Waals surface area contributed by atoms with Crippen LogP contribution in [0.25, 0.3) is 0 Å². The Balaban J connectivity index is 0. The van der Waals surface area contributed by atoms with Crippen molar-refractivity contribution in [3.05, 3.63) is 0 Å². The quantitative estimate of drug-likeness (QED) is 0.581. The van der Waals surface area contributed by atoms with Gasteiger partial charge in [-0.15, -0.1) is 12.4 Å². The minimum Gasteiger partial charge on any atom is -0.309 e. The molecule has 0 bridgehead atoms. The molecule has 0 heterocycles. The topological polar surface area (TPSA) is 31.2 Å². The highest BCUT2D eigenvalue weighted by molar-refractivity contribution is 5.85. The third-order valence-electron chi connectivity index (χ3n) is 3.01. The Morgan fingerprint density at radius 1 is 0.800 bits per heavy atom. The number of hydrogen-bond donors (Lipinski definition) is 0. The Bertz CT molecular complexity index is 249. The molecule has 0 saturated heterocycles. The molecule has 2 atom stereocenters. The zero-order valence-corrected chi connectivity index (χ0v) is 14.9. The highest BCUT2D eigenvalue weighted by atomic mass is 35.5. The van der Waals surface area contributed by atoms with Crippen molar-refractivity contribution in [3.8, 4) is 0 Å². The van der Waals surface area contributed by atoms with Gasteiger partial charge < -0.3 is 9.80 Å². The molecule has 0 amide bonds. The summed E-state index contributed by atoms with van der Waals surface area (Å²) in [6.45, 7) is 6.51. The van der Waals surface area contributed by atoms with Gasteiger partial charge >= 0.3 is 0 Å². The van der Waals surface area contributed by atoms with E-state index in [-0.39, 0.29) is 12.4 Å². The van der Waals surface area contributed by atoms with E-state index >= 15 is 0 Å². The second-order valence-corrected chi connectivity index (χ2v) is 5.95. The van der Waals surface area contributed by atoms with Gasteiger partial charge in [0, 0.05) is 0 Å². The predicted octanol–water partition coefficient (Wildman–Crippen LogP) is 3.04. The third kappa shape index (κ3) is 15.6. The predicted molar refractivity (Wildman–Crippen MR) is 91.6 cm³/mol. The molecule has 0 spiro atoms. The summed E-state index contributed by atoms with van der Waals surface area (Å²) in [5.74, 6) is 0. The van der Waals surface area contributed by atoms with Gasteiger partial charge in [0.25, 0.3) is 0 Å². The van der Waals surface area contributed by atoms with Gasteiger partial charge in [0.15, 0.2) is 0 Å². The maximum atomic E-state index is 4.36. The Hall–Kier alpha value is -0.410. The fourth-order valence-electron chi connectivity index (χ4n) is 1.77. The fourth-order valence-corrected chi connectivity index (χ4v) is 1.77. The molecular weight excluding hydrogens is 272 g/mol. The van der Waals surface area contributed by atoms with E-state index in [0.29, 0.717) is 12.1 Å². The van der Waals surface area contributed by atoms with E-state index in [1.807, 2.05) is 0 Å². The second kappa shape index (κ2) is 13.6. The maximum absolute atomic E-state index is 4.36. The Morgan fingerprint density at radius 2 is 1.15 bits per heavy atom. The van der Waals surface area contributed by atoms with Crippen LogP contribution >= 0.6 is 12.4 Å². The van der Waals surface area contributed by atoms with Crippen molar-refractivity contribution >= 4 is 18.4 Å². The lowest BCUT2D eigenvalue weighted by Gasteiger charge is -2.10. The molecule has 0 rings (SSSR count). The summed E-state index contributed by atoms with van der Waals surface area (Å²) in [6, 6.07) is 3.55. The van der Waals surface area contributed by atoms with Gasteiger partial charge in [0.05, 0.1) is 18.1 Å². The first kappa shape index (κ1) is 21.9. The van der Waals surface area contributed by atoms with Crippen LogP contribution in [0.15, 0.2) is 9.98 Å². The van der Waals surface area contributed by atoms with E-state index in [1.165, 1.54) is 12.8 Å². The van der Waals surface area contributed by atoms with E-state index in [4.69, 9.17) is 0 Å². The highest BCUT2D eigenvalue weighted by Crippen LogP contribution is 2.02. The van der Waals surface area contributed by atoms with Crippen molar-refractivity contribution in [2.45, 2.75) is 51.6 Å². The fraction of sp³-hybridized carbons (Fsp3) is 0.933. The van der Waals surface area contributed by atoms with Crippen molar-refractivity contribution < 1.29 is 0 Å². The largest absolute Gasteiger partial charge is 0.309 e. The molecule has 0 fully saturated rings. The van der Waals surface area contributed by atoms with Gasteiger partial charge in [-0.25, -0.2) is 9.98 Å². The summed E-state index contributed by atoms with van der Waals surface area (Å²) in [5.41, 5.74) is 0. The van der Waals surface area contributed by atoms with Crippen LogP contribution < -0.4 is 0 Å². The molecule has 0 aromatic carbocycles. The molecular formula is C15H33ClN4. The molecule has 0 radical (unpaired) electrons. The molecule has 0 aromatic rings. The zero-order chi connectivity index (χ0) is 14.7. The molecule has 20 heavy (non-hydrogen) atoms. The first-order valence-electron chi connectivity index (χ1n) is 7.36. The van der Waals surface area contributed by atoms with Crippen molar-refractivity contribution in [1.29, 1.82) is 0 Å².